The van der Waals surface area contributed by atoms with Crippen molar-refractivity contribution in [1.82, 2.24) is 5.01 Å². The smallest absolute Gasteiger partial charge is 0.416 e. The van der Waals surface area contributed by atoms with Crippen molar-refractivity contribution in [3.8, 4) is 0 Å². The van der Waals surface area contributed by atoms with Crippen LogP contribution in [-0.2, 0) is 20.6 Å². The number of nitrogens with one attached hydrogen (secondary N) is 1. The molecule has 186 valence electrons. The maximum atomic E-state index is 12.8. The van der Waals surface area contributed by atoms with E-state index in [-0.39, 0.29) is 5.69 Å². The summed E-state index contributed by atoms with van der Waals surface area (Å²) in [6.07, 6.45) is -1.95. The third-order valence-corrected chi connectivity index (χ3v) is 5.36. The van der Waals surface area contributed by atoms with Crippen LogP contribution in [0.2, 0.25) is 5.02 Å². The monoisotopic (exact) mass is 518 g/mol. The van der Waals surface area contributed by atoms with E-state index in [1.165, 1.54) is 17.3 Å². The minimum Gasteiger partial charge on any atom is -0.467 e. The van der Waals surface area contributed by atoms with Crippen molar-refractivity contribution in [3.05, 3.63) is 88.8 Å². The van der Waals surface area contributed by atoms with Crippen LogP contribution < -0.4 is 5.32 Å². The predicted octanol–water partition coefficient (Wildman–Crippen LogP) is 5.27. The molecule has 3 aromatic rings. The number of anilines is 1. The number of hydrazone groups is 1. The molecular weight excluding hydrogens is 501 g/mol. The summed E-state index contributed by atoms with van der Waals surface area (Å²) >= 11 is 5.95. The second-order valence-electron chi connectivity index (χ2n) is 7.60. The lowest BCUT2D eigenvalue weighted by molar-refractivity contribution is -0.138. The Hall–Kier alpha value is -4.12. The molecule has 0 radical (unpaired) electrons. The van der Waals surface area contributed by atoms with Gasteiger partial charge in [0.1, 0.15) is 18.0 Å². The maximum absolute atomic E-state index is 12.8. The minimum atomic E-state index is -4.54. The van der Waals surface area contributed by atoms with E-state index < -0.39 is 36.2 Å². The van der Waals surface area contributed by atoms with Gasteiger partial charge in [0.2, 0.25) is 0 Å². The molecule has 8 nitrogen and oxygen atoms in total. The van der Waals surface area contributed by atoms with Crippen LogP contribution in [0.15, 0.2) is 81.6 Å². The molecule has 4 rings (SSSR count). The second kappa shape index (κ2) is 10.6. The largest absolute Gasteiger partial charge is 0.467 e. The lowest BCUT2D eigenvalue weighted by Gasteiger charge is -2.19. The third-order valence-electron chi connectivity index (χ3n) is 5.10. The van der Waals surface area contributed by atoms with Crippen LogP contribution in [0.4, 0.5) is 18.9 Å². The molecule has 0 saturated heterocycles. The van der Waals surface area contributed by atoms with Crippen molar-refractivity contribution in [2.75, 3.05) is 11.9 Å². The van der Waals surface area contributed by atoms with Crippen molar-refractivity contribution < 1.29 is 32.0 Å². The number of carbonyl (C=O) groups is 2. The van der Waals surface area contributed by atoms with E-state index in [2.05, 4.69) is 15.6 Å². The van der Waals surface area contributed by atoms with E-state index in [0.29, 0.717) is 29.1 Å². The van der Waals surface area contributed by atoms with Gasteiger partial charge in [-0.1, -0.05) is 35.0 Å². The van der Waals surface area contributed by atoms with Crippen LogP contribution in [0.25, 0.3) is 0 Å². The Labute approximate surface area is 208 Å². The zero-order valence-electron chi connectivity index (χ0n) is 18.4. The molecule has 2 heterocycles. The van der Waals surface area contributed by atoms with Crippen molar-refractivity contribution in [2.24, 2.45) is 10.3 Å². The lowest BCUT2D eigenvalue weighted by Crippen LogP contribution is -2.29. The molecule has 0 aliphatic carbocycles. The van der Waals surface area contributed by atoms with E-state index in [9.17, 15) is 22.8 Å². The highest BCUT2D eigenvalue weighted by atomic mass is 35.5. The number of furan rings is 1. The number of rotatable bonds is 7. The average Bonchev–Trinajstić information content (AvgIpc) is 3.52. The molecule has 2 aromatic carbocycles. The molecule has 0 spiro atoms. The highest BCUT2D eigenvalue weighted by Crippen LogP contribution is 2.33. The Bertz CT molecular complexity index is 1290. The van der Waals surface area contributed by atoms with Crippen LogP contribution in [-0.4, -0.2) is 35.4 Å². The Kier molecular flexibility index (Phi) is 7.39. The SMILES string of the molecule is O=C(C=NOCC(=O)N1N=C(c2ccc(Cl)cc2)CC1c1ccco1)Nc1cccc(C(F)(F)F)c1. The van der Waals surface area contributed by atoms with Gasteiger partial charge in [-0.3, -0.25) is 9.59 Å². The molecule has 1 aliphatic heterocycles. The van der Waals surface area contributed by atoms with Gasteiger partial charge in [-0.15, -0.1) is 0 Å². The van der Waals surface area contributed by atoms with Crippen molar-refractivity contribution in [3.63, 3.8) is 0 Å². The standard InChI is InChI=1S/C24H18ClF3N4O4/c25-17-8-6-15(7-9-17)19-12-20(21-5-2-10-35-21)32(31-19)23(34)14-36-29-13-22(33)30-18-4-1-3-16(11-18)24(26,27)28/h1-11,13,20H,12,14H2,(H,30,33). The summed E-state index contributed by atoms with van der Waals surface area (Å²) in [6.45, 7) is -0.540. The Morgan fingerprint density at radius 3 is 2.67 bits per heavy atom. The molecule has 1 unspecified atom stereocenters. The first-order valence-electron chi connectivity index (χ1n) is 10.5. The van der Waals surface area contributed by atoms with E-state index in [1.807, 2.05) is 0 Å². The molecule has 1 aromatic heterocycles. The summed E-state index contributed by atoms with van der Waals surface area (Å²) in [7, 11) is 0. The first-order valence-corrected chi connectivity index (χ1v) is 10.9. The minimum absolute atomic E-state index is 0.0697. The van der Waals surface area contributed by atoms with Gasteiger partial charge in [0, 0.05) is 17.1 Å². The van der Waals surface area contributed by atoms with Gasteiger partial charge < -0.3 is 14.6 Å². The van der Waals surface area contributed by atoms with Crippen molar-refractivity contribution in [2.45, 2.75) is 18.6 Å². The average molecular weight is 519 g/mol. The molecule has 1 N–H and O–H groups in total. The maximum Gasteiger partial charge on any atom is 0.416 e. The van der Waals surface area contributed by atoms with E-state index in [4.69, 9.17) is 20.9 Å². The number of nitrogens with zero attached hydrogens (tertiary/aromatic N) is 3. The first kappa shape index (κ1) is 25.0. The van der Waals surface area contributed by atoms with Crippen molar-refractivity contribution >= 4 is 41.0 Å². The van der Waals surface area contributed by atoms with Gasteiger partial charge in [0.25, 0.3) is 11.8 Å². The molecule has 0 bridgehead atoms. The van der Waals surface area contributed by atoms with Crippen LogP contribution in [0.1, 0.15) is 29.3 Å². The summed E-state index contributed by atoms with van der Waals surface area (Å²) in [4.78, 5) is 29.7. The van der Waals surface area contributed by atoms with Crippen molar-refractivity contribution in [1.29, 1.82) is 0 Å². The number of carbonyl (C=O) groups excluding carboxylic acids is 2. The highest BCUT2D eigenvalue weighted by Gasteiger charge is 2.35. The van der Waals surface area contributed by atoms with E-state index >= 15 is 0 Å². The molecule has 0 saturated carbocycles. The number of amides is 2. The molecule has 1 aliphatic rings. The number of hydrogen-bond acceptors (Lipinski definition) is 6. The van der Waals surface area contributed by atoms with Gasteiger partial charge in [-0.05, 0) is 48.0 Å². The fourth-order valence-corrected chi connectivity index (χ4v) is 3.58. The van der Waals surface area contributed by atoms with Gasteiger partial charge in [-0.2, -0.15) is 18.3 Å². The summed E-state index contributed by atoms with van der Waals surface area (Å²) in [6, 6.07) is 14.1. The van der Waals surface area contributed by atoms with E-state index in [0.717, 1.165) is 23.8 Å². The molecule has 0 fully saturated rings. The normalized spacial score (nSPS) is 15.7. The molecular formula is C24H18ClF3N4O4. The van der Waals surface area contributed by atoms with Gasteiger partial charge in [-0.25, -0.2) is 5.01 Å². The van der Waals surface area contributed by atoms with Crippen LogP contribution in [0.3, 0.4) is 0 Å². The fourth-order valence-electron chi connectivity index (χ4n) is 3.45. The quantitative estimate of drug-likeness (QED) is 0.340. The molecule has 12 heteroatoms. The number of oxime groups is 1. The summed E-state index contributed by atoms with van der Waals surface area (Å²) in [5.74, 6) is -0.852. The van der Waals surface area contributed by atoms with E-state index in [1.54, 1.807) is 36.4 Å². The number of benzene rings is 2. The van der Waals surface area contributed by atoms with Crippen LogP contribution >= 0.6 is 11.6 Å². The number of alkyl halides is 3. The summed E-state index contributed by atoms with van der Waals surface area (Å²) in [5.41, 5.74) is 0.455. The topological polar surface area (TPSA) is 96.5 Å². The van der Waals surface area contributed by atoms with Gasteiger partial charge in [0.15, 0.2) is 6.61 Å². The zero-order valence-corrected chi connectivity index (χ0v) is 19.2. The lowest BCUT2D eigenvalue weighted by atomic mass is 10.0. The Morgan fingerprint density at radius 2 is 1.97 bits per heavy atom. The third kappa shape index (κ3) is 6.11. The first-order chi connectivity index (χ1) is 17.2. The Balaban J connectivity index is 1.37. The van der Waals surface area contributed by atoms with Gasteiger partial charge in [0.05, 0.1) is 17.5 Å². The van der Waals surface area contributed by atoms with Crippen LogP contribution in [0, 0.1) is 0 Å². The second-order valence-corrected chi connectivity index (χ2v) is 8.04. The molecule has 1 atom stereocenters. The molecule has 36 heavy (non-hydrogen) atoms. The summed E-state index contributed by atoms with van der Waals surface area (Å²) < 4.78 is 43.9. The number of hydrogen-bond donors (Lipinski definition) is 1. The zero-order chi connectivity index (χ0) is 25.7. The van der Waals surface area contributed by atoms with Gasteiger partial charge >= 0.3 is 6.18 Å². The molecule has 2 amide bonds. The highest BCUT2D eigenvalue weighted by molar-refractivity contribution is 6.31. The van der Waals surface area contributed by atoms with Crippen LogP contribution in [0.5, 0.6) is 0 Å². The summed E-state index contributed by atoms with van der Waals surface area (Å²) in [5, 5.41) is 11.9. The predicted molar refractivity (Wildman–Crippen MR) is 125 cm³/mol. The fraction of sp³-hybridized carbons (Fsp3) is 0.167. The Morgan fingerprint density at radius 1 is 1.19 bits per heavy atom. The number of halogens is 4.